The van der Waals surface area contributed by atoms with Crippen LogP contribution in [0.25, 0.3) is 0 Å². The van der Waals surface area contributed by atoms with Gasteiger partial charge in [0.05, 0.1) is 19.6 Å². The molecule has 6 heteroatoms. The summed E-state index contributed by atoms with van der Waals surface area (Å²) in [5.74, 6) is -0.672. The van der Waals surface area contributed by atoms with Crippen LogP contribution in [0.5, 0.6) is 0 Å². The third-order valence-corrected chi connectivity index (χ3v) is 4.23. The topological polar surface area (TPSA) is 81.4 Å². The Bertz CT molecular complexity index is 783. The number of halogens is 1. The predicted molar refractivity (Wildman–Crippen MR) is 110 cm³/mol. The SMILES string of the molecule is COC(=O)CC(NC(=O)c1cccc(N)c1)c1ccc(C(C)(C)C)cc1.Cl. The number of hydrogen-bond acceptors (Lipinski definition) is 4. The lowest BCUT2D eigenvalue weighted by atomic mass is 9.86. The number of nitrogens with one attached hydrogen (secondary N) is 1. The first kappa shape index (κ1) is 22.5. The van der Waals surface area contributed by atoms with Crippen LogP contribution in [0.4, 0.5) is 5.69 Å². The molecule has 0 heterocycles. The average molecular weight is 391 g/mol. The monoisotopic (exact) mass is 390 g/mol. The second kappa shape index (κ2) is 9.42. The van der Waals surface area contributed by atoms with Crippen LogP contribution in [0.3, 0.4) is 0 Å². The number of rotatable bonds is 5. The minimum Gasteiger partial charge on any atom is -0.469 e. The van der Waals surface area contributed by atoms with Crippen LogP contribution in [0.15, 0.2) is 48.5 Å². The number of methoxy groups -OCH3 is 1. The second-order valence-electron chi connectivity index (χ2n) is 7.30. The molecule has 1 unspecified atom stereocenters. The van der Waals surface area contributed by atoms with Gasteiger partial charge in [-0.05, 0) is 34.7 Å². The number of ether oxygens (including phenoxy) is 1. The molecule has 2 aromatic carbocycles. The van der Waals surface area contributed by atoms with Crippen molar-refractivity contribution >= 4 is 30.0 Å². The van der Waals surface area contributed by atoms with E-state index in [1.807, 2.05) is 24.3 Å². The maximum Gasteiger partial charge on any atom is 0.307 e. The fourth-order valence-corrected chi connectivity index (χ4v) is 2.64. The summed E-state index contributed by atoms with van der Waals surface area (Å²) in [7, 11) is 1.34. The van der Waals surface area contributed by atoms with Crippen molar-refractivity contribution in [2.75, 3.05) is 12.8 Å². The third-order valence-electron chi connectivity index (χ3n) is 4.23. The lowest BCUT2D eigenvalue weighted by Crippen LogP contribution is -2.30. The first-order valence-corrected chi connectivity index (χ1v) is 8.54. The number of anilines is 1. The maximum absolute atomic E-state index is 12.6. The zero-order chi connectivity index (χ0) is 19.3. The molecule has 0 aromatic heterocycles. The third kappa shape index (κ3) is 6.29. The van der Waals surface area contributed by atoms with E-state index in [9.17, 15) is 9.59 Å². The van der Waals surface area contributed by atoms with Gasteiger partial charge >= 0.3 is 5.97 Å². The van der Waals surface area contributed by atoms with Crippen LogP contribution in [0.1, 0.15) is 54.7 Å². The normalized spacial score (nSPS) is 11.9. The fraction of sp³-hybridized carbons (Fsp3) is 0.333. The molecule has 1 atom stereocenters. The highest BCUT2D eigenvalue weighted by molar-refractivity contribution is 5.95. The molecule has 0 aliphatic rings. The van der Waals surface area contributed by atoms with E-state index in [4.69, 9.17) is 10.5 Å². The van der Waals surface area contributed by atoms with Gasteiger partial charge in [0.15, 0.2) is 0 Å². The fourth-order valence-electron chi connectivity index (χ4n) is 2.64. The first-order chi connectivity index (χ1) is 12.2. The van der Waals surface area contributed by atoms with Crippen molar-refractivity contribution in [1.29, 1.82) is 0 Å². The van der Waals surface area contributed by atoms with Gasteiger partial charge in [-0.2, -0.15) is 0 Å². The maximum atomic E-state index is 12.6. The molecular formula is C21H27ClN2O3. The summed E-state index contributed by atoms with van der Waals surface area (Å²) in [6.45, 7) is 6.40. The van der Waals surface area contributed by atoms with Crippen molar-refractivity contribution in [1.82, 2.24) is 5.32 Å². The van der Waals surface area contributed by atoms with E-state index in [0.717, 1.165) is 5.56 Å². The van der Waals surface area contributed by atoms with E-state index in [0.29, 0.717) is 11.3 Å². The molecule has 0 saturated heterocycles. The predicted octanol–water partition coefficient (Wildman–Crippen LogP) is 4.02. The molecule has 2 aromatic rings. The zero-order valence-corrected chi connectivity index (χ0v) is 16.9. The van der Waals surface area contributed by atoms with Crippen molar-refractivity contribution in [3.63, 3.8) is 0 Å². The molecule has 0 aliphatic carbocycles. The summed E-state index contributed by atoms with van der Waals surface area (Å²) < 4.78 is 4.78. The zero-order valence-electron chi connectivity index (χ0n) is 16.1. The highest BCUT2D eigenvalue weighted by Crippen LogP contribution is 2.25. The summed E-state index contributed by atoms with van der Waals surface area (Å²) in [6, 6.07) is 14.2. The molecular weight excluding hydrogens is 364 g/mol. The van der Waals surface area contributed by atoms with Crippen molar-refractivity contribution < 1.29 is 14.3 Å². The molecule has 0 saturated carbocycles. The Labute approximate surface area is 166 Å². The molecule has 2 rings (SSSR count). The van der Waals surface area contributed by atoms with Gasteiger partial charge in [-0.25, -0.2) is 0 Å². The molecule has 0 bridgehead atoms. The number of amides is 1. The van der Waals surface area contributed by atoms with E-state index < -0.39 is 6.04 Å². The van der Waals surface area contributed by atoms with Gasteiger partial charge in [0, 0.05) is 11.3 Å². The first-order valence-electron chi connectivity index (χ1n) is 8.54. The van der Waals surface area contributed by atoms with Crippen LogP contribution < -0.4 is 11.1 Å². The summed E-state index contributed by atoms with van der Waals surface area (Å²) in [5, 5.41) is 2.90. The minimum absolute atomic E-state index is 0. The van der Waals surface area contributed by atoms with Crippen LogP contribution in [0.2, 0.25) is 0 Å². The molecule has 5 nitrogen and oxygen atoms in total. The van der Waals surface area contributed by atoms with Crippen LogP contribution >= 0.6 is 12.4 Å². The smallest absolute Gasteiger partial charge is 0.307 e. The Kier molecular flexibility index (Phi) is 7.85. The van der Waals surface area contributed by atoms with E-state index >= 15 is 0 Å². The van der Waals surface area contributed by atoms with Gasteiger partial charge in [-0.15, -0.1) is 12.4 Å². The molecule has 0 spiro atoms. The largest absolute Gasteiger partial charge is 0.469 e. The van der Waals surface area contributed by atoms with Crippen molar-refractivity contribution in [2.45, 2.75) is 38.6 Å². The van der Waals surface area contributed by atoms with Gasteiger partial charge in [-0.1, -0.05) is 51.1 Å². The number of nitrogen functional groups attached to an aromatic ring is 1. The molecule has 27 heavy (non-hydrogen) atoms. The van der Waals surface area contributed by atoms with Gasteiger partial charge < -0.3 is 15.8 Å². The van der Waals surface area contributed by atoms with Crippen molar-refractivity contribution in [2.24, 2.45) is 0 Å². The molecule has 0 fully saturated rings. The Morgan fingerprint density at radius 2 is 1.74 bits per heavy atom. The van der Waals surface area contributed by atoms with Gasteiger partial charge in [0.25, 0.3) is 5.91 Å². The van der Waals surface area contributed by atoms with Gasteiger partial charge in [-0.3, -0.25) is 9.59 Å². The van der Waals surface area contributed by atoms with Crippen LogP contribution in [-0.2, 0) is 14.9 Å². The highest BCUT2D eigenvalue weighted by Gasteiger charge is 2.21. The summed E-state index contributed by atoms with van der Waals surface area (Å²) in [6.07, 6.45) is 0.0550. The average Bonchev–Trinajstić information content (AvgIpc) is 2.60. The number of esters is 1. The van der Waals surface area contributed by atoms with E-state index in [1.165, 1.54) is 12.7 Å². The molecule has 0 aliphatic heterocycles. The van der Waals surface area contributed by atoms with E-state index in [2.05, 4.69) is 26.1 Å². The Morgan fingerprint density at radius 1 is 1.11 bits per heavy atom. The van der Waals surface area contributed by atoms with Gasteiger partial charge in [0.2, 0.25) is 0 Å². The standard InChI is InChI=1S/C21H26N2O3.ClH/c1-21(2,3)16-10-8-14(9-11-16)18(13-19(24)26-4)23-20(25)15-6-5-7-17(22)12-15;/h5-12,18H,13,22H2,1-4H3,(H,23,25);1H. The number of carbonyl (C=O) groups excluding carboxylic acids is 2. The molecule has 0 radical (unpaired) electrons. The molecule has 1 amide bonds. The summed E-state index contributed by atoms with van der Waals surface area (Å²) in [5.41, 5.74) is 8.76. The number of hydrogen-bond donors (Lipinski definition) is 2. The minimum atomic E-state index is -0.481. The van der Waals surface area contributed by atoms with Crippen molar-refractivity contribution in [3.05, 3.63) is 65.2 Å². The summed E-state index contributed by atoms with van der Waals surface area (Å²) in [4.78, 5) is 24.4. The summed E-state index contributed by atoms with van der Waals surface area (Å²) >= 11 is 0. The second-order valence-corrected chi connectivity index (χ2v) is 7.30. The Morgan fingerprint density at radius 3 is 2.26 bits per heavy atom. The Hall–Kier alpha value is -2.53. The quantitative estimate of drug-likeness (QED) is 0.596. The van der Waals surface area contributed by atoms with E-state index in [1.54, 1.807) is 24.3 Å². The van der Waals surface area contributed by atoms with Crippen molar-refractivity contribution in [3.8, 4) is 0 Å². The number of benzene rings is 2. The van der Waals surface area contributed by atoms with Crippen LogP contribution in [-0.4, -0.2) is 19.0 Å². The highest BCUT2D eigenvalue weighted by atomic mass is 35.5. The van der Waals surface area contributed by atoms with Crippen LogP contribution in [0, 0.1) is 0 Å². The van der Waals surface area contributed by atoms with Gasteiger partial charge in [0.1, 0.15) is 0 Å². The number of carbonyl (C=O) groups is 2. The molecule has 3 N–H and O–H groups in total. The molecule has 146 valence electrons. The Balaban J connectivity index is 0.00000364. The lowest BCUT2D eigenvalue weighted by Gasteiger charge is -2.22. The lowest BCUT2D eigenvalue weighted by molar-refractivity contribution is -0.141. The number of nitrogens with two attached hydrogens (primary N) is 1. The van der Waals surface area contributed by atoms with E-state index in [-0.39, 0.29) is 36.1 Å².